The maximum atomic E-state index is 11.6. The van der Waals surface area contributed by atoms with Crippen LogP contribution in [0, 0.1) is 0 Å². The van der Waals surface area contributed by atoms with E-state index in [9.17, 15) is 4.79 Å². The van der Waals surface area contributed by atoms with Crippen molar-refractivity contribution >= 4 is 16.8 Å². The Kier molecular flexibility index (Phi) is 4.15. The van der Waals surface area contributed by atoms with Gasteiger partial charge in [-0.05, 0) is 24.2 Å². The van der Waals surface area contributed by atoms with Crippen molar-refractivity contribution in [1.82, 2.24) is 9.80 Å². The second kappa shape index (κ2) is 5.63. The molecule has 1 aliphatic rings. The van der Waals surface area contributed by atoms with Gasteiger partial charge in [-0.3, -0.25) is 9.69 Å². The molecule has 0 bridgehead atoms. The van der Waals surface area contributed by atoms with Crippen molar-refractivity contribution in [2.75, 3.05) is 33.2 Å². The third-order valence-corrected chi connectivity index (χ3v) is 3.44. The minimum Gasteiger partial charge on any atom is -0.304 e. The van der Waals surface area contributed by atoms with E-state index in [0.717, 1.165) is 31.7 Å². The molecule has 1 unspecified atom stereocenters. The summed E-state index contributed by atoms with van der Waals surface area (Å²) in [6, 6.07) is 9.46. The maximum Gasteiger partial charge on any atom is 0.243 e. The minimum absolute atomic E-state index is 0.291. The van der Waals surface area contributed by atoms with Gasteiger partial charge in [-0.25, -0.2) is 0 Å². The fourth-order valence-electron chi connectivity index (χ4n) is 2.20. The van der Waals surface area contributed by atoms with Crippen molar-refractivity contribution in [2.45, 2.75) is 6.04 Å². The number of nitrogens with zero attached hydrogens (tertiary/aromatic N) is 2. The summed E-state index contributed by atoms with van der Waals surface area (Å²) < 4.78 is 0. The van der Waals surface area contributed by atoms with Gasteiger partial charge in [0.25, 0.3) is 0 Å². The summed E-state index contributed by atoms with van der Waals surface area (Å²) in [5, 5.41) is -0.291. The molecule has 2 rings (SSSR count). The van der Waals surface area contributed by atoms with Crippen LogP contribution < -0.4 is 0 Å². The van der Waals surface area contributed by atoms with E-state index in [4.69, 9.17) is 11.6 Å². The lowest BCUT2D eigenvalue weighted by Crippen LogP contribution is -2.47. The predicted molar refractivity (Wildman–Crippen MR) is 69.1 cm³/mol. The molecule has 1 aliphatic heterocycles. The molecule has 0 amide bonds. The average Bonchev–Trinajstić information content (AvgIpc) is 2.33. The van der Waals surface area contributed by atoms with Crippen LogP contribution in [0.2, 0.25) is 0 Å². The Balaban J connectivity index is 2.16. The lowest BCUT2D eigenvalue weighted by Gasteiger charge is -2.36. The Hall–Kier alpha value is -0.900. The highest BCUT2D eigenvalue weighted by Gasteiger charge is 2.28. The molecule has 3 nitrogen and oxygen atoms in total. The van der Waals surface area contributed by atoms with E-state index < -0.39 is 0 Å². The highest BCUT2D eigenvalue weighted by molar-refractivity contribution is 6.64. The van der Waals surface area contributed by atoms with E-state index in [2.05, 4.69) is 16.8 Å². The van der Waals surface area contributed by atoms with Crippen LogP contribution in [0.3, 0.4) is 0 Å². The van der Waals surface area contributed by atoms with Crippen molar-refractivity contribution < 1.29 is 4.79 Å². The third-order valence-electron chi connectivity index (χ3n) is 3.23. The van der Waals surface area contributed by atoms with Gasteiger partial charge < -0.3 is 4.90 Å². The highest BCUT2D eigenvalue weighted by Crippen LogP contribution is 2.24. The zero-order valence-electron chi connectivity index (χ0n) is 9.97. The normalized spacial score (nSPS) is 20.1. The molecule has 1 aromatic carbocycles. The summed E-state index contributed by atoms with van der Waals surface area (Å²) in [5.41, 5.74) is 0.983. The van der Waals surface area contributed by atoms with Crippen LogP contribution in [-0.4, -0.2) is 48.3 Å². The van der Waals surface area contributed by atoms with Crippen LogP contribution >= 0.6 is 11.6 Å². The number of carbonyl (C=O) groups is 1. The first-order valence-electron chi connectivity index (χ1n) is 5.85. The second-order valence-corrected chi connectivity index (χ2v) is 4.83. The van der Waals surface area contributed by atoms with Crippen LogP contribution in [0.4, 0.5) is 0 Å². The second-order valence-electron chi connectivity index (χ2n) is 4.46. The Labute approximate surface area is 107 Å². The average molecular weight is 253 g/mol. The number of benzene rings is 1. The fraction of sp³-hybridized carbons (Fsp3) is 0.462. The van der Waals surface area contributed by atoms with E-state index in [1.165, 1.54) is 0 Å². The Bertz CT molecular complexity index is 374. The molecule has 17 heavy (non-hydrogen) atoms. The van der Waals surface area contributed by atoms with Crippen molar-refractivity contribution in [2.24, 2.45) is 0 Å². The Morgan fingerprint density at radius 1 is 1.18 bits per heavy atom. The lowest BCUT2D eigenvalue weighted by atomic mass is 10.1. The molecule has 0 radical (unpaired) electrons. The van der Waals surface area contributed by atoms with Crippen LogP contribution in [0.1, 0.15) is 11.6 Å². The number of likely N-dealkylation sites (N-methyl/N-ethyl adjacent to an activating group) is 1. The quantitative estimate of drug-likeness (QED) is 0.766. The summed E-state index contributed by atoms with van der Waals surface area (Å²) in [4.78, 5) is 16.1. The molecule has 0 aromatic heterocycles. The molecule has 0 saturated carbocycles. The molecule has 0 N–H and O–H groups in total. The zero-order chi connectivity index (χ0) is 12.3. The summed E-state index contributed by atoms with van der Waals surface area (Å²) in [6.45, 7) is 3.73. The van der Waals surface area contributed by atoms with Crippen molar-refractivity contribution in [3.8, 4) is 0 Å². The van der Waals surface area contributed by atoms with E-state index in [1.54, 1.807) is 0 Å². The van der Waals surface area contributed by atoms with Gasteiger partial charge in [-0.2, -0.15) is 0 Å². The topological polar surface area (TPSA) is 23.6 Å². The van der Waals surface area contributed by atoms with E-state index in [-0.39, 0.29) is 11.3 Å². The summed E-state index contributed by atoms with van der Waals surface area (Å²) in [7, 11) is 2.09. The maximum absolute atomic E-state index is 11.6. The SMILES string of the molecule is CN1CCN(C(C(=O)Cl)c2ccccc2)CC1. The van der Waals surface area contributed by atoms with Gasteiger partial charge in [0.2, 0.25) is 5.24 Å². The van der Waals surface area contributed by atoms with Gasteiger partial charge >= 0.3 is 0 Å². The summed E-state index contributed by atoms with van der Waals surface area (Å²) in [6.07, 6.45) is 0. The first-order chi connectivity index (χ1) is 8.18. The summed E-state index contributed by atoms with van der Waals surface area (Å²) >= 11 is 5.75. The largest absolute Gasteiger partial charge is 0.304 e. The smallest absolute Gasteiger partial charge is 0.243 e. The van der Waals surface area contributed by atoms with Crippen LogP contribution in [0.5, 0.6) is 0 Å². The van der Waals surface area contributed by atoms with Crippen molar-refractivity contribution in [1.29, 1.82) is 0 Å². The molecule has 0 aliphatic carbocycles. The van der Waals surface area contributed by atoms with E-state index >= 15 is 0 Å². The predicted octanol–water partition coefficient (Wildman–Crippen LogP) is 1.74. The van der Waals surface area contributed by atoms with Crippen molar-refractivity contribution in [3.63, 3.8) is 0 Å². The van der Waals surface area contributed by atoms with Crippen LogP contribution in [-0.2, 0) is 4.79 Å². The number of piperazine rings is 1. The number of hydrogen-bond acceptors (Lipinski definition) is 3. The first-order valence-corrected chi connectivity index (χ1v) is 6.23. The fourth-order valence-corrected chi connectivity index (χ4v) is 2.46. The molecular formula is C13H17ClN2O. The van der Waals surface area contributed by atoms with Gasteiger partial charge in [0, 0.05) is 26.2 Å². The zero-order valence-corrected chi connectivity index (χ0v) is 10.7. The minimum atomic E-state index is -0.299. The molecule has 1 atom stereocenters. The molecule has 0 spiro atoms. The number of hydrogen-bond donors (Lipinski definition) is 0. The van der Waals surface area contributed by atoms with Crippen LogP contribution in [0.25, 0.3) is 0 Å². The summed E-state index contributed by atoms with van der Waals surface area (Å²) in [5.74, 6) is 0. The molecule has 4 heteroatoms. The molecule has 1 fully saturated rings. The van der Waals surface area contributed by atoms with E-state index in [1.807, 2.05) is 30.3 Å². The molecule has 1 saturated heterocycles. The molecule has 92 valence electrons. The Morgan fingerprint density at radius 2 is 1.76 bits per heavy atom. The Morgan fingerprint density at radius 3 is 2.29 bits per heavy atom. The number of carbonyl (C=O) groups excluding carboxylic acids is 1. The van der Waals surface area contributed by atoms with Crippen molar-refractivity contribution in [3.05, 3.63) is 35.9 Å². The van der Waals surface area contributed by atoms with Gasteiger partial charge in [0.15, 0.2) is 0 Å². The van der Waals surface area contributed by atoms with Crippen LogP contribution in [0.15, 0.2) is 30.3 Å². The number of rotatable bonds is 3. The third kappa shape index (κ3) is 3.06. The molecule has 1 heterocycles. The molecule has 1 aromatic rings. The molecular weight excluding hydrogens is 236 g/mol. The van der Waals surface area contributed by atoms with Gasteiger partial charge in [0.05, 0.1) is 0 Å². The standard InChI is InChI=1S/C13H17ClN2O/c1-15-7-9-16(10-8-15)12(13(14)17)11-5-3-2-4-6-11/h2-6,12H,7-10H2,1H3. The van der Waals surface area contributed by atoms with Gasteiger partial charge in [0.1, 0.15) is 6.04 Å². The first kappa shape index (κ1) is 12.6. The lowest BCUT2D eigenvalue weighted by molar-refractivity contribution is -0.117. The monoisotopic (exact) mass is 252 g/mol. The number of halogens is 1. The van der Waals surface area contributed by atoms with E-state index in [0.29, 0.717) is 0 Å². The highest BCUT2D eigenvalue weighted by atomic mass is 35.5. The van der Waals surface area contributed by atoms with Gasteiger partial charge in [-0.15, -0.1) is 0 Å². The van der Waals surface area contributed by atoms with Gasteiger partial charge in [-0.1, -0.05) is 30.3 Å².